The molecule has 0 aromatic carbocycles. The minimum Gasteiger partial charge on any atom is -0.714 e. The van der Waals surface area contributed by atoms with Gasteiger partial charge in [0.05, 0.1) is 12.4 Å². The summed E-state index contributed by atoms with van der Waals surface area (Å²) in [5, 5.41) is 87.7. The Balaban J connectivity index is 0.000000791. The standard InChI is InChI=1S/2C11H18N4O2.2C5H6F6O2.Cu/c2*1-10(2)11(3,4)15(17)9(14(10)16)8-6-12-13(5)7-8;2*6-4(7,8)2(12)1-3(13)5(9,10)11;/h2*6-7,16H,1-5H3;2*2-3,12-13H,1H2;. The number of alkyl halides is 12. The van der Waals surface area contributed by atoms with Crippen molar-refractivity contribution in [1.82, 2.24) is 29.7 Å². The zero-order chi connectivity index (χ0) is 47.7. The summed E-state index contributed by atoms with van der Waals surface area (Å²) in [5.41, 5.74) is -1.54. The molecule has 0 saturated heterocycles. The maximum Gasteiger partial charge on any atom is 0.414 e. The summed E-state index contributed by atoms with van der Waals surface area (Å²) in [7, 11) is 3.54. The minimum absolute atomic E-state index is 0. The van der Waals surface area contributed by atoms with Crippen LogP contribution in [0.2, 0.25) is 0 Å². The second-order valence-electron chi connectivity index (χ2n) is 15.6. The zero-order valence-corrected chi connectivity index (χ0v) is 34.9. The van der Waals surface area contributed by atoms with Gasteiger partial charge in [-0.1, -0.05) is 0 Å². The summed E-state index contributed by atoms with van der Waals surface area (Å²) in [6.45, 7) is 14.6. The first-order chi connectivity index (χ1) is 26.5. The van der Waals surface area contributed by atoms with E-state index in [2.05, 4.69) is 10.2 Å². The summed E-state index contributed by atoms with van der Waals surface area (Å²) in [4.78, 5) is 0. The van der Waals surface area contributed by atoms with Gasteiger partial charge >= 0.3 is 36.4 Å². The molecule has 0 spiro atoms. The van der Waals surface area contributed by atoms with E-state index in [-0.39, 0.29) is 28.7 Å². The first kappa shape index (κ1) is 57.4. The third-order valence-electron chi connectivity index (χ3n) is 10.2. The Bertz CT molecular complexity index is 1640. The molecule has 2 aliphatic rings. The molecule has 16 nitrogen and oxygen atoms in total. The van der Waals surface area contributed by atoms with Gasteiger partial charge in [0.15, 0.2) is 35.5 Å². The molecule has 2 aromatic heterocycles. The fourth-order valence-electron chi connectivity index (χ4n) is 4.76. The van der Waals surface area contributed by atoms with Crippen molar-refractivity contribution in [3.05, 3.63) is 46.3 Å². The van der Waals surface area contributed by atoms with E-state index < -0.39 is 84.1 Å². The Hall–Kier alpha value is -3.60. The number of hydrogen-bond donors (Lipinski definition) is 6. The van der Waals surface area contributed by atoms with Crippen LogP contribution in [0.3, 0.4) is 0 Å². The topological polar surface area (TPSA) is 216 Å². The Morgan fingerprint density at radius 1 is 0.541 bits per heavy atom. The Morgan fingerprint density at radius 2 is 0.754 bits per heavy atom. The van der Waals surface area contributed by atoms with E-state index in [1.807, 2.05) is 55.4 Å². The summed E-state index contributed by atoms with van der Waals surface area (Å²) >= 11 is 0. The van der Waals surface area contributed by atoms with Crippen LogP contribution < -0.4 is 0 Å². The van der Waals surface area contributed by atoms with Gasteiger partial charge in [0.1, 0.15) is 22.2 Å². The van der Waals surface area contributed by atoms with Crippen molar-refractivity contribution in [2.75, 3.05) is 0 Å². The molecule has 2 aliphatic heterocycles. The molecule has 0 fully saturated rings. The van der Waals surface area contributed by atoms with E-state index in [1.165, 1.54) is 0 Å². The van der Waals surface area contributed by atoms with Crippen LogP contribution in [0.1, 0.15) is 79.4 Å². The van der Waals surface area contributed by atoms with Crippen LogP contribution in [-0.4, -0.2) is 153 Å². The smallest absolute Gasteiger partial charge is 0.414 e. The van der Waals surface area contributed by atoms with E-state index in [9.17, 15) is 73.5 Å². The average Bonchev–Trinajstić information content (AvgIpc) is 3.75. The molecule has 0 amide bonds. The van der Waals surface area contributed by atoms with Crippen molar-refractivity contribution in [1.29, 1.82) is 0 Å². The van der Waals surface area contributed by atoms with Crippen LogP contribution in [0.4, 0.5) is 52.7 Å². The first-order valence-electron chi connectivity index (χ1n) is 17.1. The number of nitrogens with zero attached hydrogens (tertiary/aromatic N) is 8. The third-order valence-corrected chi connectivity index (χ3v) is 10.2. The van der Waals surface area contributed by atoms with Gasteiger partial charge in [-0.3, -0.25) is 18.8 Å². The Kier molecular flexibility index (Phi) is 18.3. The van der Waals surface area contributed by atoms with E-state index in [0.29, 0.717) is 11.1 Å². The van der Waals surface area contributed by atoms with E-state index in [4.69, 9.17) is 20.4 Å². The molecule has 6 N–H and O–H groups in total. The van der Waals surface area contributed by atoms with Gasteiger partial charge in [0.25, 0.3) is 0 Å². The Labute approximate surface area is 351 Å². The number of rotatable bonds is 6. The van der Waals surface area contributed by atoms with Gasteiger partial charge in [-0.2, -0.15) is 62.9 Å². The molecule has 0 bridgehead atoms. The largest absolute Gasteiger partial charge is 0.714 e. The maximum absolute atomic E-state index is 12.3. The SMILES string of the molecule is Cn1cc(C2=[N+]([O-])C(C)(C)C(C)(C)N2O)cn1.Cn1cc(C2=[N+]([O-])C(C)(C)C(C)(C)N2O)cn1.OC(CC(O)C(F)(F)F)C(F)(F)F.OC(CC(O)C(F)(F)F)C(F)(F)F.[Cu]. The summed E-state index contributed by atoms with van der Waals surface area (Å²) < 4.78 is 143. The predicted octanol–water partition coefficient (Wildman–Crippen LogP) is 4.32. The van der Waals surface area contributed by atoms with E-state index in [1.54, 1.807) is 48.2 Å². The van der Waals surface area contributed by atoms with Crippen molar-refractivity contribution in [2.45, 2.75) is 140 Å². The van der Waals surface area contributed by atoms with E-state index in [0.717, 1.165) is 19.6 Å². The molecule has 2 aromatic rings. The van der Waals surface area contributed by atoms with Crippen molar-refractivity contribution in [3.8, 4) is 0 Å². The van der Waals surface area contributed by atoms with Crippen LogP contribution >= 0.6 is 0 Å². The summed E-state index contributed by atoms with van der Waals surface area (Å²) in [6, 6.07) is 0. The van der Waals surface area contributed by atoms with Crippen molar-refractivity contribution in [3.63, 3.8) is 0 Å². The van der Waals surface area contributed by atoms with Gasteiger partial charge in [0, 0.05) is 56.4 Å². The number of aliphatic hydroxyl groups is 4. The first-order valence-corrected chi connectivity index (χ1v) is 17.1. The fourth-order valence-corrected chi connectivity index (χ4v) is 4.76. The maximum atomic E-state index is 12.3. The molecule has 4 rings (SSSR count). The van der Waals surface area contributed by atoms with Gasteiger partial charge in [-0.05, 0) is 55.4 Å². The number of halogens is 12. The van der Waals surface area contributed by atoms with Crippen LogP contribution in [0, 0.1) is 10.4 Å². The van der Waals surface area contributed by atoms with Crippen molar-refractivity contribution in [2.24, 2.45) is 14.1 Å². The molecular weight excluding hydrogens is 916 g/mol. The minimum atomic E-state index is -5.15. The van der Waals surface area contributed by atoms with Gasteiger partial charge in [-0.15, -0.1) is 10.1 Å². The number of hydroxylamine groups is 6. The third kappa shape index (κ3) is 13.2. The molecular formula is C32H48CuF12N8O8. The molecule has 0 saturated carbocycles. The molecule has 4 atom stereocenters. The van der Waals surface area contributed by atoms with Crippen molar-refractivity contribution < 1.29 is 110 Å². The fraction of sp³-hybridized carbons (Fsp3) is 0.750. The summed E-state index contributed by atoms with van der Waals surface area (Å²) in [6.07, 6.45) is -30.3. The number of aromatic nitrogens is 4. The molecule has 4 unspecified atom stereocenters. The Morgan fingerprint density at radius 3 is 0.885 bits per heavy atom. The number of hydrogen-bond acceptors (Lipinski definition) is 12. The van der Waals surface area contributed by atoms with Crippen molar-refractivity contribution >= 4 is 11.7 Å². The monoisotopic (exact) mass is 963 g/mol. The average molecular weight is 964 g/mol. The van der Waals surface area contributed by atoms with Crippen LogP contribution in [0.5, 0.6) is 0 Å². The number of aliphatic hydroxyl groups excluding tert-OH is 4. The normalized spacial score (nSPS) is 20.3. The van der Waals surface area contributed by atoms with Crippen LogP contribution in [0.15, 0.2) is 24.8 Å². The summed E-state index contributed by atoms with van der Waals surface area (Å²) in [5.74, 6) is 0.487. The molecule has 359 valence electrons. The molecule has 61 heavy (non-hydrogen) atoms. The quantitative estimate of drug-likeness (QED) is 0.103. The zero-order valence-electron chi connectivity index (χ0n) is 33.9. The second-order valence-corrected chi connectivity index (χ2v) is 15.6. The van der Waals surface area contributed by atoms with Gasteiger partial charge < -0.3 is 30.8 Å². The molecule has 4 heterocycles. The van der Waals surface area contributed by atoms with Crippen LogP contribution in [-0.2, 0) is 31.2 Å². The van der Waals surface area contributed by atoms with Crippen LogP contribution in [0.25, 0.3) is 0 Å². The molecule has 29 heteroatoms. The molecule has 1 radical (unpaired) electrons. The van der Waals surface area contributed by atoms with E-state index >= 15 is 0 Å². The molecule has 0 aliphatic carbocycles. The number of aryl methyl sites for hydroxylation is 2. The predicted molar refractivity (Wildman–Crippen MR) is 183 cm³/mol. The van der Waals surface area contributed by atoms with Gasteiger partial charge in [0.2, 0.25) is 0 Å². The van der Waals surface area contributed by atoms with Gasteiger partial charge in [-0.25, -0.2) is 10.4 Å². The second kappa shape index (κ2) is 19.4. The number of amidine groups is 2.